The number of benzene rings is 1. The number of carbonyl (C=O) groups is 1. The highest BCUT2D eigenvalue weighted by Gasteiger charge is 2.44. The van der Waals surface area contributed by atoms with Gasteiger partial charge in [-0.15, -0.1) is 4.99 Å². The van der Waals surface area contributed by atoms with Gasteiger partial charge in [0.05, 0.1) is 16.1 Å². The smallest absolute Gasteiger partial charge is 0.260 e. The molecule has 1 amide bonds. The van der Waals surface area contributed by atoms with Crippen LogP contribution in [0.25, 0.3) is 5.57 Å². The number of aromatic nitrogens is 1. The van der Waals surface area contributed by atoms with Crippen LogP contribution in [0.1, 0.15) is 35.2 Å². The maximum absolute atomic E-state index is 14.1. The van der Waals surface area contributed by atoms with Crippen LogP contribution in [0.5, 0.6) is 0 Å². The van der Waals surface area contributed by atoms with Crippen molar-refractivity contribution in [2.45, 2.75) is 32.1 Å². The number of hydroxylamine groups is 1. The van der Waals surface area contributed by atoms with Gasteiger partial charge in [-0.2, -0.15) is 0 Å². The minimum Gasteiger partial charge on any atom is -0.271 e. The molecule has 2 aromatic rings. The lowest BCUT2D eigenvalue weighted by Gasteiger charge is -2.27. The summed E-state index contributed by atoms with van der Waals surface area (Å²) in [6, 6.07) is 6.40. The van der Waals surface area contributed by atoms with Crippen molar-refractivity contribution in [3.05, 3.63) is 69.8 Å². The highest BCUT2D eigenvalue weighted by atomic mass is 35.5. The lowest BCUT2D eigenvalue weighted by Crippen LogP contribution is -2.42. The first-order valence-electron chi connectivity index (χ1n) is 8.10. The van der Waals surface area contributed by atoms with E-state index in [-0.39, 0.29) is 0 Å². The molecule has 0 aliphatic heterocycles. The second-order valence-corrected chi connectivity index (χ2v) is 6.77. The number of aryl methyl sites for hydroxylation is 1. The first kappa shape index (κ1) is 18.5. The van der Waals surface area contributed by atoms with Crippen molar-refractivity contribution < 1.29 is 19.4 Å². The van der Waals surface area contributed by atoms with Crippen molar-refractivity contribution in [1.29, 1.82) is 0 Å². The maximum Gasteiger partial charge on any atom is 0.260 e. The van der Waals surface area contributed by atoms with Crippen molar-refractivity contribution in [2.24, 2.45) is 0 Å². The SMILES string of the molecule is Cc1ncc(C2=C[C@](C(=O)NOO)(c3cccc(F)c3C)CC2)cc1Cl. The molecule has 0 radical (unpaired) electrons. The van der Waals surface area contributed by atoms with E-state index in [0.29, 0.717) is 34.7 Å². The normalized spacial score (nSPS) is 19.3. The Bertz CT molecular complexity index is 900. The van der Waals surface area contributed by atoms with E-state index in [1.54, 1.807) is 37.4 Å². The molecule has 3 rings (SSSR count). The molecule has 1 aromatic heterocycles. The number of rotatable bonds is 4. The topological polar surface area (TPSA) is 71.5 Å². The summed E-state index contributed by atoms with van der Waals surface area (Å²) in [6.45, 7) is 3.43. The molecule has 1 heterocycles. The number of hydrogen-bond acceptors (Lipinski definition) is 4. The van der Waals surface area contributed by atoms with E-state index < -0.39 is 17.1 Å². The number of nitrogens with zero attached hydrogens (tertiary/aromatic N) is 1. The highest BCUT2D eigenvalue weighted by Crippen LogP contribution is 2.44. The Morgan fingerprint density at radius 1 is 1.42 bits per heavy atom. The van der Waals surface area contributed by atoms with Crippen molar-refractivity contribution in [2.75, 3.05) is 0 Å². The van der Waals surface area contributed by atoms with Crippen LogP contribution in [0.4, 0.5) is 4.39 Å². The summed E-state index contributed by atoms with van der Waals surface area (Å²) in [4.78, 5) is 20.8. The summed E-state index contributed by atoms with van der Waals surface area (Å²) < 4.78 is 14.1. The van der Waals surface area contributed by atoms with Gasteiger partial charge in [0.1, 0.15) is 5.82 Å². The zero-order valence-corrected chi connectivity index (χ0v) is 15.1. The zero-order chi connectivity index (χ0) is 18.9. The molecule has 5 nitrogen and oxygen atoms in total. The third kappa shape index (κ3) is 3.11. The minimum absolute atomic E-state index is 0.373. The van der Waals surface area contributed by atoms with Gasteiger partial charge < -0.3 is 0 Å². The fourth-order valence-corrected chi connectivity index (χ4v) is 3.59. The molecule has 0 spiro atoms. The van der Waals surface area contributed by atoms with Crippen LogP contribution in [0, 0.1) is 19.7 Å². The second kappa shape index (κ2) is 7.15. The van der Waals surface area contributed by atoms with Crippen LogP contribution in [0.15, 0.2) is 36.5 Å². The predicted molar refractivity (Wildman–Crippen MR) is 95.9 cm³/mol. The Kier molecular flexibility index (Phi) is 5.09. The second-order valence-electron chi connectivity index (χ2n) is 6.37. The molecule has 0 unspecified atom stereocenters. The van der Waals surface area contributed by atoms with Gasteiger partial charge in [0.25, 0.3) is 5.91 Å². The molecular weight excluding hydrogens is 359 g/mol. The van der Waals surface area contributed by atoms with E-state index >= 15 is 0 Å². The van der Waals surface area contributed by atoms with Gasteiger partial charge in [-0.1, -0.05) is 29.8 Å². The summed E-state index contributed by atoms with van der Waals surface area (Å²) in [5.41, 5.74) is 4.09. The van der Waals surface area contributed by atoms with Crippen LogP contribution < -0.4 is 5.48 Å². The van der Waals surface area contributed by atoms with Gasteiger partial charge in [0.2, 0.25) is 0 Å². The first-order chi connectivity index (χ1) is 12.4. The fourth-order valence-electron chi connectivity index (χ4n) is 3.42. The average molecular weight is 377 g/mol. The van der Waals surface area contributed by atoms with Gasteiger partial charge in [0.15, 0.2) is 0 Å². The minimum atomic E-state index is -1.17. The molecule has 1 aliphatic carbocycles. The van der Waals surface area contributed by atoms with Crippen molar-refractivity contribution in [1.82, 2.24) is 10.5 Å². The Morgan fingerprint density at radius 2 is 2.19 bits per heavy atom. The van der Waals surface area contributed by atoms with Crippen LogP contribution in [-0.4, -0.2) is 16.1 Å². The van der Waals surface area contributed by atoms with E-state index in [2.05, 4.69) is 9.97 Å². The molecule has 0 fully saturated rings. The van der Waals surface area contributed by atoms with Crippen molar-refractivity contribution in [3.8, 4) is 0 Å². The highest BCUT2D eigenvalue weighted by molar-refractivity contribution is 6.31. The summed E-state index contributed by atoms with van der Waals surface area (Å²) in [6.07, 6.45) is 4.43. The third-order valence-corrected chi connectivity index (χ3v) is 5.28. The average Bonchev–Trinajstić information content (AvgIpc) is 3.06. The molecule has 2 N–H and O–H groups in total. The maximum atomic E-state index is 14.1. The summed E-state index contributed by atoms with van der Waals surface area (Å²) in [7, 11) is 0. The first-order valence-corrected chi connectivity index (χ1v) is 8.47. The molecule has 0 saturated heterocycles. The van der Waals surface area contributed by atoms with E-state index in [1.165, 1.54) is 6.07 Å². The van der Waals surface area contributed by atoms with Crippen LogP contribution in [0.3, 0.4) is 0 Å². The molecule has 26 heavy (non-hydrogen) atoms. The molecule has 7 heteroatoms. The molecule has 0 saturated carbocycles. The van der Waals surface area contributed by atoms with Gasteiger partial charge in [-0.05, 0) is 61.1 Å². The zero-order valence-electron chi connectivity index (χ0n) is 14.3. The molecule has 136 valence electrons. The Hall–Kier alpha value is -2.28. The predicted octanol–water partition coefficient (Wildman–Crippen LogP) is 4.13. The number of hydrogen-bond donors (Lipinski definition) is 2. The summed E-state index contributed by atoms with van der Waals surface area (Å²) in [5.74, 6) is -0.976. The monoisotopic (exact) mass is 376 g/mol. The fraction of sp³-hybridized carbons (Fsp3) is 0.263. The molecular formula is C19H18ClFN2O3. The standard InChI is InChI=1S/C19H18ClFN2O3/c1-11-15(4-3-5-17(11)21)19(18(24)23-26-25)7-6-13(9-19)14-8-16(20)12(2)22-10-14/h3-5,8-10,25H,6-7H2,1-2H3,(H,23,24)/t19-/m0/s1. The Morgan fingerprint density at radius 3 is 2.88 bits per heavy atom. The van der Waals surface area contributed by atoms with Crippen molar-refractivity contribution >= 4 is 23.1 Å². The molecule has 0 bridgehead atoms. The van der Waals surface area contributed by atoms with E-state index in [1.807, 2.05) is 12.4 Å². The van der Waals surface area contributed by atoms with E-state index in [9.17, 15) is 9.18 Å². The van der Waals surface area contributed by atoms with Gasteiger partial charge in [-0.3, -0.25) is 9.78 Å². The molecule has 1 aromatic carbocycles. The van der Waals surface area contributed by atoms with Gasteiger partial charge in [-0.25, -0.2) is 15.1 Å². The summed E-state index contributed by atoms with van der Waals surface area (Å²) in [5, 5.41) is 9.21. The van der Waals surface area contributed by atoms with E-state index in [0.717, 1.165) is 11.1 Å². The largest absolute Gasteiger partial charge is 0.271 e. The number of amides is 1. The lowest BCUT2D eigenvalue weighted by molar-refractivity contribution is -0.285. The molecule has 1 atom stereocenters. The van der Waals surface area contributed by atoms with Gasteiger partial charge >= 0.3 is 0 Å². The lowest BCUT2D eigenvalue weighted by atomic mass is 9.77. The third-order valence-electron chi connectivity index (χ3n) is 4.90. The summed E-state index contributed by atoms with van der Waals surface area (Å²) >= 11 is 6.17. The number of halogens is 2. The number of nitrogens with one attached hydrogen (secondary N) is 1. The van der Waals surface area contributed by atoms with E-state index in [4.69, 9.17) is 16.9 Å². The van der Waals surface area contributed by atoms with Crippen LogP contribution in [0.2, 0.25) is 5.02 Å². The number of carbonyl (C=O) groups excluding carboxylic acids is 1. The quantitative estimate of drug-likeness (QED) is 0.621. The van der Waals surface area contributed by atoms with Crippen LogP contribution >= 0.6 is 11.6 Å². The molecule has 1 aliphatic rings. The van der Waals surface area contributed by atoms with Gasteiger partial charge in [0, 0.05) is 6.20 Å². The van der Waals surface area contributed by atoms with Crippen molar-refractivity contribution in [3.63, 3.8) is 0 Å². The number of pyridine rings is 1. The number of allylic oxidation sites excluding steroid dienone is 1. The Labute approximate surface area is 155 Å². The van der Waals surface area contributed by atoms with Crippen LogP contribution in [-0.2, 0) is 15.2 Å². The Balaban J connectivity index is 2.14.